The van der Waals surface area contributed by atoms with Crippen molar-refractivity contribution in [2.24, 2.45) is 0 Å². The molecule has 1 amide bonds. The number of hydrogen-bond acceptors (Lipinski definition) is 4. The number of hydrogen-bond donors (Lipinski definition) is 1. The summed E-state index contributed by atoms with van der Waals surface area (Å²) in [6.07, 6.45) is 1.50. The first-order valence-corrected chi connectivity index (χ1v) is 9.85. The highest BCUT2D eigenvalue weighted by molar-refractivity contribution is 9.10. The second-order valence-corrected chi connectivity index (χ2v) is 7.07. The fourth-order valence-corrected chi connectivity index (χ4v) is 3.20. The molecule has 0 radical (unpaired) electrons. The molecule has 146 valence electrons. The van der Waals surface area contributed by atoms with E-state index in [1.807, 2.05) is 26.8 Å². The van der Waals surface area contributed by atoms with Crippen LogP contribution in [0.1, 0.15) is 25.0 Å². The first kappa shape index (κ1) is 21.8. The molecular formula is C21H20BrClN2O3. The zero-order valence-electron chi connectivity index (χ0n) is 15.8. The summed E-state index contributed by atoms with van der Waals surface area (Å²) < 4.78 is 11.9. The van der Waals surface area contributed by atoms with Gasteiger partial charge < -0.3 is 14.8 Å². The fraction of sp³-hybridized carbons (Fsp3) is 0.238. The van der Waals surface area contributed by atoms with Crippen LogP contribution >= 0.6 is 27.5 Å². The lowest BCUT2D eigenvalue weighted by atomic mass is 10.1. The van der Waals surface area contributed by atoms with Crippen LogP contribution in [0, 0.1) is 18.3 Å². The monoisotopic (exact) mass is 462 g/mol. The molecule has 0 saturated carbocycles. The Morgan fingerprint density at radius 1 is 1.25 bits per heavy atom. The van der Waals surface area contributed by atoms with Gasteiger partial charge in [0, 0.05) is 10.7 Å². The van der Waals surface area contributed by atoms with Crippen LogP contribution in [0.5, 0.6) is 11.5 Å². The molecule has 5 nitrogen and oxygen atoms in total. The molecule has 0 atom stereocenters. The number of nitrogens with one attached hydrogen (secondary N) is 1. The third kappa shape index (κ3) is 5.51. The maximum Gasteiger partial charge on any atom is 0.266 e. The van der Waals surface area contributed by atoms with Gasteiger partial charge in [0.15, 0.2) is 11.5 Å². The minimum atomic E-state index is -0.518. The molecular weight excluding hydrogens is 444 g/mol. The minimum absolute atomic E-state index is 0.0436. The van der Waals surface area contributed by atoms with Gasteiger partial charge in [0.2, 0.25) is 0 Å². The smallest absolute Gasteiger partial charge is 0.266 e. The van der Waals surface area contributed by atoms with E-state index in [1.165, 1.54) is 6.08 Å². The molecule has 2 aromatic carbocycles. The van der Waals surface area contributed by atoms with Crippen LogP contribution in [0.2, 0.25) is 5.02 Å². The average molecular weight is 464 g/mol. The summed E-state index contributed by atoms with van der Waals surface area (Å²) in [5, 5.41) is 12.7. The largest absolute Gasteiger partial charge is 0.490 e. The normalized spacial score (nSPS) is 10.9. The van der Waals surface area contributed by atoms with Crippen LogP contribution in [0.3, 0.4) is 0 Å². The summed E-state index contributed by atoms with van der Waals surface area (Å²) in [7, 11) is 0. The molecule has 0 heterocycles. The Balaban J connectivity index is 2.36. The molecule has 0 aliphatic carbocycles. The quantitative estimate of drug-likeness (QED) is 0.419. The summed E-state index contributed by atoms with van der Waals surface area (Å²) in [5.74, 6) is 0.600. The molecule has 0 saturated heterocycles. The van der Waals surface area contributed by atoms with Crippen molar-refractivity contribution >= 4 is 45.2 Å². The van der Waals surface area contributed by atoms with Gasteiger partial charge in [-0.1, -0.05) is 17.7 Å². The van der Waals surface area contributed by atoms with Crippen LogP contribution in [-0.4, -0.2) is 19.1 Å². The lowest BCUT2D eigenvalue weighted by Gasteiger charge is -2.14. The Morgan fingerprint density at radius 3 is 2.61 bits per heavy atom. The number of rotatable bonds is 7. The summed E-state index contributed by atoms with van der Waals surface area (Å²) >= 11 is 9.44. The number of benzene rings is 2. The van der Waals surface area contributed by atoms with Crippen molar-refractivity contribution in [3.05, 3.63) is 56.5 Å². The first-order chi connectivity index (χ1) is 13.4. The van der Waals surface area contributed by atoms with Crippen LogP contribution in [0.4, 0.5) is 5.69 Å². The number of carbonyl (C=O) groups excluding carboxylic acids is 1. The van der Waals surface area contributed by atoms with Gasteiger partial charge in [-0.3, -0.25) is 4.79 Å². The van der Waals surface area contributed by atoms with Gasteiger partial charge in [-0.05, 0) is 78.2 Å². The van der Waals surface area contributed by atoms with E-state index < -0.39 is 5.91 Å². The van der Waals surface area contributed by atoms with Crippen LogP contribution < -0.4 is 14.8 Å². The van der Waals surface area contributed by atoms with E-state index in [2.05, 4.69) is 21.2 Å². The lowest BCUT2D eigenvalue weighted by Crippen LogP contribution is -2.14. The molecule has 2 aromatic rings. The maximum absolute atomic E-state index is 12.6. The highest BCUT2D eigenvalue weighted by Gasteiger charge is 2.15. The molecule has 28 heavy (non-hydrogen) atoms. The van der Waals surface area contributed by atoms with Gasteiger partial charge >= 0.3 is 0 Å². The van der Waals surface area contributed by atoms with Crippen molar-refractivity contribution in [2.45, 2.75) is 20.8 Å². The maximum atomic E-state index is 12.6. The van der Waals surface area contributed by atoms with E-state index in [-0.39, 0.29) is 5.57 Å². The number of anilines is 1. The fourth-order valence-electron chi connectivity index (χ4n) is 2.45. The Morgan fingerprint density at radius 2 is 1.96 bits per heavy atom. The molecule has 2 rings (SSSR count). The van der Waals surface area contributed by atoms with E-state index in [0.717, 1.165) is 5.56 Å². The van der Waals surface area contributed by atoms with E-state index in [0.29, 0.717) is 45.5 Å². The third-order valence-electron chi connectivity index (χ3n) is 3.74. The summed E-state index contributed by atoms with van der Waals surface area (Å²) in [6.45, 7) is 6.54. The summed E-state index contributed by atoms with van der Waals surface area (Å²) in [6, 6.07) is 10.6. The second kappa shape index (κ2) is 10.2. The standard InChI is InChI=1S/C21H20BrClN2O3/c1-4-27-19-10-14(9-17(22)20(19)28-5-2)8-15(12-24)21(26)25-18-11-16(23)7-6-13(18)3/h6-11H,4-5H2,1-3H3,(H,25,26)/b15-8+. The summed E-state index contributed by atoms with van der Waals surface area (Å²) in [4.78, 5) is 12.6. The number of aryl methyl sites for hydroxylation is 1. The molecule has 0 aliphatic rings. The number of carbonyl (C=O) groups is 1. The van der Waals surface area contributed by atoms with Gasteiger partial charge in [-0.2, -0.15) is 5.26 Å². The van der Waals surface area contributed by atoms with Gasteiger partial charge in [0.25, 0.3) is 5.91 Å². The molecule has 0 unspecified atom stereocenters. The van der Waals surface area contributed by atoms with Crippen LogP contribution in [0.25, 0.3) is 6.08 Å². The number of nitriles is 1. The van der Waals surface area contributed by atoms with Crippen molar-refractivity contribution in [3.63, 3.8) is 0 Å². The van der Waals surface area contributed by atoms with E-state index >= 15 is 0 Å². The van der Waals surface area contributed by atoms with Gasteiger partial charge in [-0.25, -0.2) is 0 Å². The number of amides is 1. The predicted molar refractivity (Wildman–Crippen MR) is 115 cm³/mol. The van der Waals surface area contributed by atoms with Crippen molar-refractivity contribution in [1.29, 1.82) is 5.26 Å². The Kier molecular flexibility index (Phi) is 7.91. The zero-order chi connectivity index (χ0) is 20.7. The minimum Gasteiger partial charge on any atom is -0.490 e. The van der Waals surface area contributed by atoms with Crippen molar-refractivity contribution in [2.75, 3.05) is 18.5 Å². The zero-order valence-corrected chi connectivity index (χ0v) is 18.1. The topological polar surface area (TPSA) is 71.3 Å². The Labute approximate surface area is 178 Å². The van der Waals surface area contributed by atoms with Crippen molar-refractivity contribution in [1.82, 2.24) is 0 Å². The molecule has 0 aromatic heterocycles. The van der Waals surface area contributed by atoms with E-state index in [9.17, 15) is 10.1 Å². The lowest BCUT2D eigenvalue weighted by molar-refractivity contribution is -0.112. The molecule has 0 bridgehead atoms. The molecule has 0 spiro atoms. The average Bonchev–Trinajstić information content (AvgIpc) is 2.65. The highest BCUT2D eigenvalue weighted by atomic mass is 79.9. The Hall–Kier alpha value is -2.49. The van der Waals surface area contributed by atoms with E-state index in [4.69, 9.17) is 21.1 Å². The van der Waals surface area contributed by atoms with E-state index in [1.54, 1.807) is 30.3 Å². The SMILES string of the molecule is CCOc1cc(/C=C(\C#N)C(=O)Nc2cc(Cl)ccc2C)cc(Br)c1OCC. The Bertz CT molecular complexity index is 951. The van der Waals surface area contributed by atoms with Gasteiger partial charge in [0.1, 0.15) is 11.6 Å². The highest BCUT2D eigenvalue weighted by Crippen LogP contribution is 2.37. The van der Waals surface area contributed by atoms with Gasteiger partial charge in [-0.15, -0.1) is 0 Å². The van der Waals surface area contributed by atoms with Crippen molar-refractivity contribution in [3.8, 4) is 17.6 Å². The van der Waals surface area contributed by atoms with Gasteiger partial charge in [0.05, 0.1) is 17.7 Å². The number of halogens is 2. The predicted octanol–water partition coefficient (Wildman–Crippen LogP) is 5.75. The first-order valence-electron chi connectivity index (χ1n) is 8.68. The third-order valence-corrected chi connectivity index (χ3v) is 4.57. The summed E-state index contributed by atoms with van der Waals surface area (Å²) in [5.41, 5.74) is 1.99. The van der Waals surface area contributed by atoms with Crippen LogP contribution in [0.15, 0.2) is 40.4 Å². The van der Waals surface area contributed by atoms with Crippen LogP contribution in [-0.2, 0) is 4.79 Å². The number of nitrogens with zero attached hydrogens (tertiary/aromatic N) is 1. The molecule has 1 N–H and O–H groups in total. The molecule has 0 aliphatic heterocycles. The second-order valence-electron chi connectivity index (χ2n) is 5.78. The molecule has 0 fully saturated rings. The van der Waals surface area contributed by atoms with Crippen molar-refractivity contribution < 1.29 is 14.3 Å². The molecule has 7 heteroatoms. The number of ether oxygens (including phenoxy) is 2.